The summed E-state index contributed by atoms with van der Waals surface area (Å²) >= 11 is 0. The van der Waals surface area contributed by atoms with Crippen LogP contribution in [0.3, 0.4) is 0 Å². The Labute approximate surface area is 71.6 Å². The third kappa shape index (κ3) is 7.86. The highest BCUT2D eigenvalue weighted by Gasteiger charge is 2.02. The second kappa shape index (κ2) is 6.66. The zero-order chi connectivity index (χ0) is 8.69. The van der Waals surface area contributed by atoms with Crippen molar-refractivity contribution in [1.82, 2.24) is 5.32 Å². The van der Waals surface area contributed by atoms with E-state index in [0.29, 0.717) is 6.04 Å². The minimum Gasteiger partial charge on any atom is -0.314 e. The molecule has 0 spiro atoms. The molecule has 68 valence electrons. The maximum absolute atomic E-state index is 3.51. The van der Waals surface area contributed by atoms with Crippen LogP contribution in [0.4, 0.5) is 0 Å². The predicted octanol–water partition coefficient (Wildman–Crippen LogP) is 2.81. The topological polar surface area (TPSA) is 12.0 Å². The Balaban J connectivity index is 3.15. The van der Waals surface area contributed by atoms with Crippen LogP contribution in [0.2, 0.25) is 0 Å². The summed E-state index contributed by atoms with van der Waals surface area (Å²) in [6.07, 6.45) is 3.90. The molecule has 0 fully saturated rings. The molecule has 1 N–H and O–H groups in total. The molecule has 1 nitrogen and oxygen atoms in total. The summed E-state index contributed by atoms with van der Waals surface area (Å²) in [5, 5.41) is 3.51. The van der Waals surface area contributed by atoms with Crippen LogP contribution in [0.1, 0.15) is 47.0 Å². The highest BCUT2D eigenvalue weighted by molar-refractivity contribution is 4.61. The second-order valence-corrected chi connectivity index (χ2v) is 3.84. The van der Waals surface area contributed by atoms with Gasteiger partial charge in [-0.05, 0) is 32.2 Å². The van der Waals surface area contributed by atoms with Crippen LogP contribution in [0.5, 0.6) is 0 Å². The fraction of sp³-hybridized carbons (Fsp3) is 1.00. The third-order valence-corrected chi connectivity index (χ3v) is 1.85. The van der Waals surface area contributed by atoms with Gasteiger partial charge in [0.2, 0.25) is 0 Å². The minimum atomic E-state index is 0.696. The standard InChI is InChI=1S/C10H23N/c1-5-6-7-11-10(4)8-9(2)3/h9-11H,5-8H2,1-4H3/t10-/m1/s1. The summed E-state index contributed by atoms with van der Waals surface area (Å²) < 4.78 is 0. The molecular formula is C10H23N. The van der Waals surface area contributed by atoms with E-state index >= 15 is 0 Å². The zero-order valence-corrected chi connectivity index (χ0v) is 8.48. The lowest BCUT2D eigenvalue weighted by atomic mass is 10.1. The molecule has 0 saturated heterocycles. The Kier molecular flexibility index (Phi) is 6.63. The summed E-state index contributed by atoms with van der Waals surface area (Å²) in [6, 6.07) is 0.696. The van der Waals surface area contributed by atoms with E-state index in [9.17, 15) is 0 Å². The summed E-state index contributed by atoms with van der Waals surface area (Å²) in [6.45, 7) is 10.2. The van der Waals surface area contributed by atoms with Gasteiger partial charge in [0.05, 0.1) is 0 Å². The van der Waals surface area contributed by atoms with Crippen molar-refractivity contribution < 1.29 is 0 Å². The van der Waals surface area contributed by atoms with Crippen molar-refractivity contribution in [2.75, 3.05) is 6.54 Å². The smallest absolute Gasteiger partial charge is 0.00411 e. The van der Waals surface area contributed by atoms with Crippen molar-refractivity contribution in [3.8, 4) is 0 Å². The van der Waals surface area contributed by atoms with Crippen LogP contribution in [0.25, 0.3) is 0 Å². The number of hydrogen-bond acceptors (Lipinski definition) is 1. The van der Waals surface area contributed by atoms with Gasteiger partial charge in [0.25, 0.3) is 0 Å². The molecule has 1 heteroatoms. The number of rotatable bonds is 6. The molecule has 0 aromatic rings. The molecule has 0 aromatic carbocycles. The SMILES string of the molecule is CCCCN[C@H](C)CC(C)C. The van der Waals surface area contributed by atoms with Gasteiger partial charge in [0, 0.05) is 6.04 Å². The maximum atomic E-state index is 3.51. The van der Waals surface area contributed by atoms with Gasteiger partial charge in [-0.2, -0.15) is 0 Å². The molecule has 0 aliphatic carbocycles. The van der Waals surface area contributed by atoms with Gasteiger partial charge < -0.3 is 5.32 Å². The normalized spacial score (nSPS) is 13.9. The summed E-state index contributed by atoms with van der Waals surface area (Å²) in [5.41, 5.74) is 0. The molecule has 0 bridgehead atoms. The first-order chi connectivity index (χ1) is 5.16. The van der Waals surface area contributed by atoms with E-state index in [1.807, 2.05) is 0 Å². The Morgan fingerprint density at radius 3 is 2.27 bits per heavy atom. The Bertz CT molecular complexity index is 78.9. The number of unbranched alkanes of at least 4 members (excludes halogenated alkanes) is 1. The molecule has 0 heterocycles. The fourth-order valence-corrected chi connectivity index (χ4v) is 1.32. The summed E-state index contributed by atoms with van der Waals surface area (Å²) in [4.78, 5) is 0. The summed E-state index contributed by atoms with van der Waals surface area (Å²) in [7, 11) is 0. The molecule has 0 aliphatic heterocycles. The van der Waals surface area contributed by atoms with Gasteiger partial charge in [-0.15, -0.1) is 0 Å². The van der Waals surface area contributed by atoms with Crippen molar-refractivity contribution in [2.45, 2.75) is 53.0 Å². The second-order valence-electron chi connectivity index (χ2n) is 3.84. The highest BCUT2D eigenvalue weighted by atomic mass is 14.9. The van der Waals surface area contributed by atoms with Crippen LogP contribution in [0, 0.1) is 5.92 Å². The lowest BCUT2D eigenvalue weighted by molar-refractivity contribution is 0.438. The van der Waals surface area contributed by atoms with Crippen LogP contribution < -0.4 is 5.32 Å². The fourth-order valence-electron chi connectivity index (χ4n) is 1.32. The largest absolute Gasteiger partial charge is 0.314 e. The van der Waals surface area contributed by atoms with E-state index in [1.165, 1.54) is 25.8 Å². The van der Waals surface area contributed by atoms with Crippen LogP contribution in [-0.4, -0.2) is 12.6 Å². The predicted molar refractivity (Wildman–Crippen MR) is 51.8 cm³/mol. The van der Waals surface area contributed by atoms with E-state index in [4.69, 9.17) is 0 Å². The third-order valence-electron chi connectivity index (χ3n) is 1.85. The van der Waals surface area contributed by atoms with Crippen LogP contribution >= 0.6 is 0 Å². The Morgan fingerprint density at radius 1 is 1.18 bits per heavy atom. The van der Waals surface area contributed by atoms with Gasteiger partial charge >= 0.3 is 0 Å². The van der Waals surface area contributed by atoms with E-state index in [-0.39, 0.29) is 0 Å². The first-order valence-electron chi connectivity index (χ1n) is 4.90. The van der Waals surface area contributed by atoms with Crippen LogP contribution in [0.15, 0.2) is 0 Å². The van der Waals surface area contributed by atoms with Crippen molar-refractivity contribution >= 4 is 0 Å². The molecule has 0 saturated carbocycles. The van der Waals surface area contributed by atoms with Gasteiger partial charge in [-0.1, -0.05) is 27.2 Å². The van der Waals surface area contributed by atoms with E-state index in [0.717, 1.165) is 5.92 Å². The van der Waals surface area contributed by atoms with E-state index in [2.05, 4.69) is 33.0 Å². The number of hydrogen-bond donors (Lipinski definition) is 1. The molecule has 0 rings (SSSR count). The molecule has 0 radical (unpaired) electrons. The number of nitrogens with one attached hydrogen (secondary N) is 1. The lowest BCUT2D eigenvalue weighted by Crippen LogP contribution is -2.28. The molecule has 0 amide bonds. The minimum absolute atomic E-state index is 0.696. The van der Waals surface area contributed by atoms with Crippen LogP contribution in [-0.2, 0) is 0 Å². The van der Waals surface area contributed by atoms with Crippen molar-refractivity contribution in [3.05, 3.63) is 0 Å². The maximum Gasteiger partial charge on any atom is 0.00411 e. The van der Waals surface area contributed by atoms with Crippen molar-refractivity contribution in [3.63, 3.8) is 0 Å². The molecule has 0 aromatic heterocycles. The molecule has 0 unspecified atom stereocenters. The molecule has 11 heavy (non-hydrogen) atoms. The first kappa shape index (κ1) is 11.0. The lowest BCUT2D eigenvalue weighted by Gasteiger charge is -2.15. The summed E-state index contributed by atoms with van der Waals surface area (Å²) in [5.74, 6) is 0.819. The zero-order valence-electron chi connectivity index (χ0n) is 8.48. The Morgan fingerprint density at radius 2 is 1.82 bits per heavy atom. The van der Waals surface area contributed by atoms with Crippen molar-refractivity contribution in [1.29, 1.82) is 0 Å². The molecular weight excluding hydrogens is 134 g/mol. The quantitative estimate of drug-likeness (QED) is 0.585. The van der Waals surface area contributed by atoms with Gasteiger partial charge in [-0.3, -0.25) is 0 Å². The van der Waals surface area contributed by atoms with Gasteiger partial charge in [-0.25, -0.2) is 0 Å². The average molecular weight is 157 g/mol. The average Bonchev–Trinajstić information content (AvgIpc) is 1.86. The molecule has 1 atom stereocenters. The first-order valence-corrected chi connectivity index (χ1v) is 4.90. The highest BCUT2D eigenvalue weighted by Crippen LogP contribution is 2.03. The van der Waals surface area contributed by atoms with Crippen molar-refractivity contribution in [2.24, 2.45) is 5.92 Å². The monoisotopic (exact) mass is 157 g/mol. The van der Waals surface area contributed by atoms with Gasteiger partial charge in [0.15, 0.2) is 0 Å². The van der Waals surface area contributed by atoms with E-state index in [1.54, 1.807) is 0 Å². The molecule has 0 aliphatic rings. The van der Waals surface area contributed by atoms with Gasteiger partial charge in [0.1, 0.15) is 0 Å². The Hall–Kier alpha value is -0.0400. The van der Waals surface area contributed by atoms with E-state index < -0.39 is 0 Å².